The second kappa shape index (κ2) is 8.64. The normalized spacial score (nSPS) is 13.7. The molecule has 1 aromatic carbocycles. The first-order valence-electron chi connectivity index (χ1n) is 8.02. The monoisotopic (exact) mass is 319 g/mol. The second-order valence-electron chi connectivity index (χ2n) is 5.81. The van der Waals surface area contributed by atoms with Crippen LogP contribution in [0.5, 0.6) is 0 Å². The van der Waals surface area contributed by atoms with E-state index < -0.39 is 0 Å². The number of carbonyl (C=O) groups excluding carboxylic acids is 2. The van der Waals surface area contributed by atoms with Gasteiger partial charge in [-0.05, 0) is 50.4 Å². The fraction of sp³-hybridized carbons (Fsp3) is 0.529. The molecule has 1 saturated carbocycles. The summed E-state index contributed by atoms with van der Waals surface area (Å²) in [5.41, 5.74) is 2.35. The Hall–Kier alpha value is -1.92. The molecular weight excluding hydrogens is 294 g/mol. The average Bonchev–Trinajstić information content (AvgIpc) is 3.36. The van der Waals surface area contributed by atoms with Gasteiger partial charge in [0.1, 0.15) is 0 Å². The largest absolute Gasteiger partial charge is 0.385 e. The molecule has 0 unspecified atom stereocenters. The average molecular weight is 319 g/mol. The summed E-state index contributed by atoms with van der Waals surface area (Å²) in [4.78, 5) is 23.8. The highest BCUT2D eigenvalue weighted by atomic mass is 16.5. The number of nitrogens with one attached hydrogen (secondary N) is 3. The van der Waals surface area contributed by atoms with Crippen molar-refractivity contribution in [2.45, 2.75) is 26.2 Å². The number of anilines is 2. The van der Waals surface area contributed by atoms with Crippen LogP contribution in [-0.2, 0) is 14.3 Å². The molecule has 0 aromatic heterocycles. The smallest absolute Gasteiger partial charge is 0.238 e. The Labute approximate surface area is 137 Å². The highest BCUT2D eigenvalue weighted by molar-refractivity contribution is 5.97. The minimum Gasteiger partial charge on any atom is -0.385 e. The molecule has 126 valence electrons. The summed E-state index contributed by atoms with van der Waals surface area (Å²) in [7, 11) is 1.66. The topological polar surface area (TPSA) is 79.5 Å². The maximum atomic E-state index is 12.0. The van der Waals surface area contributed by atoms with Gasteiger partial charge in [-0.3, -0.25) is 9.59 Å². The van der Waals surface area contributed by atoms with E-state index in [1.165, 1.54) is 0 Å². The molecule has 0 atom stereocenters. The maximum absolute atomic E-state index is 12.0. The van der Waals surface area contributed by atoms with Crippen LogP contribution in [0.3, 0.4) is 0 Å². The lowest BCUT2D eigenvalue weighted by Crippen LogP contribution is -2.29. The number of hydrogen-bond acceptors (Lipinski definition) is 4. The zero-order chi connectivity index (χ0) is 16.7. The van der Waals surface area contributed by atoms with Crippen molar-refractivity contribution >= 4 is 23.2 Å². The molecule has 1 aromatic rings. The minimum absolute atomic E-state index is 0.0661. The standard InChI is InChI=1S/C17H25N3O3/c1-12-14(19-16(21)11-18-9-4-10-23-2)5-3-6-15(12)20-17(22)13-7-8-13/h3,5-6,13,18H,4,7-11H2,1-2H3,(H,19,21)(H,20,22). The quantitative estimate of drug-likeness (QED) is 0.608. The maximum Gasteiger partial charge on any atom is 0.238 e. The van der Waals surface area contributed by atoms with Crippen LogP contribution in [0.4, 0.5) is 11.4 Å². The molecule has 1 aliphatic rings. The van der Waals surface area contributed by atoms with Gasteiger partial charge in [0.15, 0.2) is 0 Å². The van der Waals surface area contributed by atoms with Crippen LogP contribution in [0.25, 0.3) is 0 Å². The van der Waals surface area contributed by atoms with E-state index in [4.69, 9.17) is 4.74 Å². The van der Waals surface area contributed by atoms with Crippen molar-refractivity contribution in [3.05, 3.63) is 23.8 Å². The summed E-state index contributed by atoms with van der Waals surface area (Å²) in [6.45, 7) is 3.56. The van der Waals surface area contributed by atoms with Gasteiger partial charge < -0.3 is 20.7 Å². The van der Waals surface area contributed by atoms with Crippen molar-refractivity contribution in [3.63, 3.8) is 0 Å². The highest BCUT2D eigenvalue weighted by Crippen LogP contribution is 2.31. The van der Waals surface area contributed by atoms with Gasteiger partial charge in [-0.25, -0.2) is 0 Å². The van der Waals surface area contributed by atoms with Gasteiger partial charge in [0.2, 0.25) is 11.8 Å². The van der Waals surface area contributed by atoms with Gasteiger partial charge in [-0.2, -0.15) is 0 Å². The van der Waals surface area contributed by atoms with Crippen LogP contribution in [0.2, 0.25) is 0 Å². The lowest BCUT2D eigenvalue weighted by atomic mass is 10.1. The first-order valence-corrected chi connectivity index (χ1v) is 8.02. The highest BCUT2D eigenvalue weighted by Gasteiger charge is 2.29. The number of rotatable bonds is 9. The Kier molecular flexibility index (Phi) is 6.55. The summed E-state index contributed by atoms with van der Waals surface area (Å²) in [6, 6.07) is 5.52. The zero-order valence-corrected chi connectivity index (χ0v) is 13.8. The summed E-state index contributed by atoms with van der Waals surface area (Å²) in [6.07, 6.45) is 2.80. The molecule has 0 spiro atoms. The number of carbonyl (C=O) groups is 2. The Morgan fingerprint density at radius 1 is 1.22 bits per heavy atom. The van der Waals surface area contributed by atoms with Crippen LogP contribution in [0.1, 0.15) is 24.8 Å². The number of amides is 2. The number of benzene rings is 1. The second-order valence-corrected chi connectivity index (χ2v) is 5.81. The molecule has 1 aliphatic carbocycles. The van der Waals surface area contributed by atoms with Crippen LogP contribution < -0.4 is 16.0 Å². The number of methoxy groups -OCH3 is 1. The molecule has 2 amide bonds. The lowest BCUT2D eigenvalue weighted by Gasteiger charge is -2.13. The summed E-state index contributed by atoms with van der Waals surface area (Å²) >= 11 is 0. The van der Waals surface area contributed by atoms with E-state index in [9.17, 15) is 9.59 Å². The molecule has 0 aliphatic heterocycles. The summed E-state index contributed by atoms with van der Waals surface area (Å²) in [5, 5.41) is 8.88. The van der Waals surface area contributed by atoms with Crippen molar-refractivity contribution in [2.75, 3.05) is 37.4 Å². The third-order valence-electron chi connectivity index (χ3n) is 3.80. The molecule has 0 heterocycles. The van der Waals surface area contributed by atoms with Crippen molar-refractivity contribution in [1.29, 1.82) is 0 Å². The molecule has 6 nitrogen and oxygen atoms in total. The molecule has 0 saturated heterocycles. The van der Waals surface area contributed by atoms with Crippen molar-refractivity contribution in [2.24, 2.45) is 5.92 Å². The first kappa shape index (κ1) is 17.4. The Morgan fingerprint density at radius 3 is 2.57 bits per heavy atom. The van der Waals surface area contributed by atoms with E-state index in [0.29, 0.717) is 6.61 Å². The van der Waals surface area contributed by atoms with E-state index in [2.05, 4.69) is 16.0 Å². The molecule has 0 radical (unpaired) electrons. The van der Waals surface area contributed by atoms with E-state index in [-0.39, 0.29) is 24.3 Å². The molecular formula is C17H25N3O3. The fourth-order valence-electron chi connectivity index (χ4n) is 2.22. The van der Waals surface area contributed by atoms with E-state index >= 15 is 0 Å². The minimum atomic E-state index is -0.101. The lowest BCUT2D eigenvalue weighted by molar-refractivity contribution is -0.117. The van der Waals surface area contributed by atoms with Crippen LogP contribution >= 0.6 is 0 Å². The first-order chi connectivity index (χ1) is 11.1. The van der Waals surface area contributed by atoms with Crippen molar-refractivity contribution in [3.8, 4) is 0 Å². The van der Waals surface area contributed by atoms with Crippen LogP contribution in [0, 0.1) is 12.8 Å². The van der Waals surface area contributed by atoms with Gasteiger partial charge in [-0.15, -0.1) is 0 Å². The Bertz CT molecular complexity index is 556. The zero-order valence-electron chi connectivity index (χ0n) is 13.8. The van der Waals surface area contributed by atoms with Crippen LogP contribution in [-0.4, -0.2) is 38.6 Å². The molecule has 23 heavy (non-hydrogen) atoms. The van der Waals surface area contributed by atoms with Gasteiger partial charge >= 0.3 is 0 Å². The summed E-state index contributed by atoms with van der Waals surface area (Å²) in [5.74, 6) is 0.122. The number of ether oxygens (including phenoxy) is 1. The van der Waals surface area contributed by atoms with Gasteiger partial charge in [0.05, 0.1) is 6.54 Å². The van der Waals surface area contributed by atoms with E-state index in [1.807, 2.05) is 25.1 Å². The van der Waals surface area contributed by atoms with Crippen molar-refractivity contribution in [1.82, 2.24) is 5.32 Å². The van der Waals surface area contributed by atoms with E-state index in [1.54, 1.807) is 7.11 Å². The summed E-state index contributed by atoms with van der Waals surface area (Å²) < 4.78 is 4.95. The SMILES string of the molecule is COCCCNCC(=O)Nc1cccc(NC(=O)C2CC2)c1C. The van der Waals surface area contributed by atoms with Crippen LogP contribution in [0.15, 0.2) is 18.2 Å². The fourth-order valence-corrected chi connectivity index (χ4v) is 2.22. The van der Waals surface area contributed by atoms with E-state index in [0.717, 1.165) is 42.7 Å². The van der Waals surface area contributed by atoms with Gasteiger partial charge in [0.25, 0.3) is 0 Å². The molecule has 6 heteroatoms. The Balaban J connectivity index is 1.84. The predicted octanol–water partition coefficient (Wildman–Crippen LogP) is 1.91. The van der Waals surface area contributed by atoms with Crippen molar-refractivity contribution < 1.29 is 14.3 Å². The molecule has 0 bridgehead atoms. The third kappa shape index (κ3) is 5.65. The van der Waals surface area contributed by atoms with Gasteiger partial charge in [0, 0.05) is 31.0 Å². The number of hydrogen-bond donors (Lipinski definition) is 3. The molecule has 2 rings (SSSR count). The molecule has 1 fully saturated rings. The Morgan fingerprint density at radius 2 is 1.91 bits per heavy atom. The predicted molar refractivity (Wildman–Crippen MR) is 90.5 cm³/mol. The third-order valence-corrected chi connectivity index (χ3v) is 3.80. The molecule has 3 N–H and O–H groups in total. The van der Waals surface area contributed by atoms with Gasteiger partial charge in [-0.1, -0.05) is 6.07 Å².